The summed E-state index contributed by atoms with van der Waals surface area (Å²) in [5.41, 5.74) is 2.00. The van der Waals surface area contributed by atoms with Crippen LogP contribution in [0.15, 0.2) is 26.7 Å². The van der Waals surface area contributed by atoms with Crippen molar-refractivity contribution >= 4 is 22.4 Å². The largest absolute Gasteiger partial charge is 0.742 e. The molecule has 0 radical (unpaired) electrons. The molecule has 94 valence electrons. The first-order valence-corrected chi connectivity index (χ1v) is 5.86. The zero-order chi connectivity index (χ0) is 12.9. The molecule has 1 aromatic rings. The van der Waals surface area contributed by atoms with Gasteiger partial charge in [0.2, 0.25) is 5.09 Å². The minimum atomic E-state index is -4.62. The molecule has 0 saturated heterocycles. The monoisotopic (exact) mass is 261 g/mol. The standard InChI is InChI=1S/C8H10N2O6S/c1-2-15-8(11)10-9-5-6-3-4-7(16-6)17(12,13)14/h3-5H,2H2,1H3,(H,10,11)(H,12,13,14)/p-1. The van der Waals surface area contributed by atoms with E-state index < -0.39 is 21.3 Å². The minimum absolute atomic E-state index is 0.0104. The fourth-order valence-electron chi connectivity index (χ4n) is 0.850. The smallest absolute Gasteiger partial charge is 0.427 e. The third kappa shape index (κ3) is 4.25. The lowest BCUT2D eigenvalue weighted by Gasteiger charge is -2.00. The van der Waals surface area contributed by atoms with Crippen molar-refractivity contribution < 1.29 is 26.9 Å². The Morgan fingerprint density at radius 2 is 2.35 bits per heavy atom. The van der Waals surface area contributed by atoms with Gasteiger partial charge in [-0.25, -0.2) is 18.6 Å². The quantitative estimate of drug-likeness (QED) is 0.471. The van der Waals surface area contributed by atoms with E-state index in [0.29, 0.717) is 0 Å². The summed E-state index contributed by atoms with van der Waals surface area (Å²) in [4.78, 5) is 10.8. The van der Waals surface area contributed by atoms with Gasteiger partial charge in [-0.15, -0.1) is 0 Å². The average Bonchev–Trinajstić information content (AvgIpc) is 2.66. The van der Waals surface area contributed by atoms with Gasteiger partial charge in [0, 0.05) is 0 Å². The van der Waals surface area contributed by atoms with E-state index in [4.69, 9.17) is 0 Å². The van der Waals surface area contributed by atoms with E-state index in [1.54, 1.807) is 6.92 Å². The molecule has 1 N–H and O–H groups in total. The van der Waals surface area contributed by atoms with Crippen molar-refractivity contribution in [3.05, 3.63) is 17.9 Å². The maximum Gasteiger partial charge on any atom is 0.427 e. The Labute approximate surface area is 97.0 Å². The lowest BCUT2D eigenvalue weighted by molar-refractivity contribution is 0.152. The molecule has 0 unspecified atom stereocenters. The van der Waals surface area contributed by atoms with Gasteiger partial charge in [-0.3, -0.25) is 0 Å². The van der Waals surface area contributed by atoms with Crippen molar-refractivity contribution in [2.75, 3.05) is 6.61 Å². The summed E-state index contributed by atoms with van der Waals surface area (Å²) in [6.45, 7) is 1.82. The number of hydrazone groups is 1. The highest BCUT2D eigenvalue weighted by Gasteiger charge is 2.06. The molecule has 1 amide bonds. The molecule has 1 heterocycles. The van der Waals surface area contributed by atoms with Crippen LogP contribution in [0, 0.1) is 0 Å². The number of carbonyl (C=O) groups is 1. The zero-order valence-electron chi connectivity index (χ0n) is 8.74. The fourth-order valence-corrected chi connectivity index (χ4v) is 1.28. The summed E-state index contributed by atoms with van der Waals surface area (Å²) in [6.07, 6.45) is 0.276. The van der Waals surface area contributed by atoms with E-state index >= 15 is 0 Å². The van der Waals surface area contributed by atoms with Crippen LogP contribution in [0.2, 0.25) is 0 Å². The number of hydrogen-bond donors (Lipinski definition) is 1. The van der Waals surface area contributed by atoms with Crippen molar-refractivity contribution in [1.29, 1.82) is 0 Å². The summed E-state index contributed by atoms with van der Waals surface area (Å²) in [6, 6.07) is 2.22. The van der Waals surface area contributed by atoms with Crippen LogP contribution in [0.4, 0.5) is 4.79 Å². The van der Waals surface area contributed by atoms with Crippen molar-refractivity contribution in [2.24, 2.45) is 5.10 Å². The third-order valence-corrected chi connectivity index (χ3v) is 2.18. The van der Waals surface area contributed by atoms with Crippen LogP contribution in [0.3, 0.4) is 0 Å². The second-order valence-corrected chi connectivity index (χ2v) is 4.01. The number of ether oxygens (including phenoxy) is 1. The summed E-state index contributed by atoms with van der Waals surface area (Å²) in [5.74, 6) is 0.0104. The summed E-state index contributed by atoms with van der Waals surface area (Å²) < 4.78 is 40.7. The van der Waals surface area contributed by atoms with Crippen LogP contribution >= 0.6 is 0 Å². The lowest BCUT2D eigenvalue weighted by atomic mass is 10.5. The highest BCUT2D eigenvalue weighted by atomic mass is 32.2. The fraction of sp³-hybridized carbons (Fsp3) is 0.250. The van der Waals surface area contributed by atoms with Gasteiger partial charge in [0.15, 0.2) is 10.1 Å². The second-order valence-electron chi connectivity index (χ2n) is 2.70. The minimum Gasteiger partial charge on any atom is -0.742 e. The normalized spacial score (nSPS) is 11.6. The number of carbonyl (C=O) groups excluding carboxylic acids is 1. The molecule has 0 spiro atoms. The molecule has 1 rings (SSSR count). The Hall–Kier alpha value is -1.87. The van der Waals surface area contributed by atoms with Crippen molar-refractivity contribution in [1.82, 2.24) is 5.43 Å². The Morgan fingerprint density at radius 3 is 2.88 bits per heavy atom. The molecule has 0 aliphatic heterocycles. The molecule has 0 atom stereocenters. The molecule has 8 nitrogen and oxygen atoms in total. The number of nitrogens with one attached hydrogen (secondary N) is 1. The Balaban J connectivity index is 2.61. The lowest BCUT2D eigenvalue weighted by Crippen LogP contribution is -2.18. The first-order chi connectivity index (χ1) is 7.93. The third-order valence-electron chi connectivity index (χ3n) is 1.47. The van der Waals surface area contributed by atoms with Gasteiger partial charge in [0.1, 0.15) is 5.76 Å². The number of furan rings is 1. The van der Waals surface area contributed by atoms with Gasteiger partial charge in [-0.1, -0.05) is 0 Å². The van der Waals surface area contributed by atoms with Crippen LogP contribution in [0.1, 0.15) is 12.7 Å². The zero-order valence-corrected chi connectivity index (χ0v) is 9.56. The molecule has 1 aromatic heterocycles. The Bertz CT molecular complexity index is 518. The molecule has 0 aromatic carbocycles. The van der Waals surface area contributed by atoms with Gasteiger partial charge in [0.25, 0.3) is 0 Å². The maximum atomic E-state index is 10.8. The predicted octanol–water partition coefficient (Wildman–Crippen LogP) is 0.264. The van der Waals surface area contributed by atoms with Crippen LogP contribution < -0.4 is 5.43 Å². The average molecular weight is 261 g/mol. The molecular weight excluding hydrogens is 252 g/mol. The van der Waals surface area contributed by atoms with E-state index in [9.17, 15) is 17.8 Å². The van der Waals surface area contributed by atoms with Gasteiger partial charge in [-0.2, -0.15) is 5.10 Å². The van der Waals surface area contributed by atoms with Crippen molar-refractivity contribution in [2.45, 2.75) is 12.0 Å². The Kier molecular flexibility index (Phi) is 4.24. The molecule has 0 bridgehead atoms. The summed E-state index contributed by atoms with van der Waals surface area (Å²) >= 11 is 0. The van der Waals surface area contributed by atoms with E-state index in [1.165, 1.54) is 6.07 Å². The van der Waals surface area contributed by atoms with Crippen LogP contribution in [-0.2, 0) is 14.9 Å². The van der Waals surface area contributed by atoms with E-state index in [-0.39, 0.29) is 12.4 Å². The maximum absolute atomic E-state index is 10.8. The van der Waals surface area contributed by atoms with Gasteiger partial charge < -0.3 is 13.7 Å². The van der Waals surface area contributed by atoms with Crippen LogP contribution in [0.5, 0.6) is 0 Å². The first-order valence-electron chi connectivity index (χ1n) is 4.45. The second kappa shape index (κ2) is 5.46. The molecule has 17 heavy (non-hydrogen) atoms. The SMILES string of the molecule is CCOC(=O)NN=Cc1ccc(S(=O)(=O)[O-])o1. The molecular formula is C8H9N2O6S-. The number of hydrogen-bond acceptors (Lipinski definition) is 7. The number of amides is 1. The van der Waals surface area contributed by atoms with Crippen molar-refractivity contribution in [3.63, 3.8) is 0 Å². The van der Waals surface area contributed by atoms with Gasteiger partial charge in [0.05, 0.1) is 12.8 Å². The van der Waals surface area contributed by atoms with Gasteiger partial charge in [-0.05, 0) is 19.1 Å². The molecule has 9 heteroatoms. The molecule has 0 saturated carbocycles. The van der Waals surface area contributed by atoms with Gasteiger partial charge >= 0.3 is 6.09 Å². The topological polar surface area (TPSA) is 121 Å². The molecule has 0 aliphatic rings. The Morgan fingerprint density at radius 1 is 1.65 bits per heavy atom. The highest BCUT2D eigenvalue weighted by Crippen LogP contribution is 2.11. The highest BCUT2D eigenvalue weighted by molar-refractivity contribution is 7.85. The predicted molar refractivity (Wildman–Crippen MR) is 54.4 cm³/mol. The summed E-state index contributed by atoms with van der Waals surface area (Å²) in [5, 5.41) is 2.70. The molecule has 0 aliphatic carbocycles. The number of nitrogens with zero attached hydrogens (tertiary/aromatic N) is 1. The van der Waals surface area contributed by atoms with Crippen LogP contribution in [0.25, 0.3) is 0 Å². The van der Waals surface area contributed by atoms with E-state index in [1.807, 2.05) is 5.43 Å². The van der Waals surface area contributed by atoms with E-state index in [0.717, 1.165) is 12.3 Å². The first kappa shape index (κ1) is 13.2. The van der Waals surface area contributed by atoms with E-state index in [2.05, 4.69) is 14.3 Å². The van der Waals surface area contributed by atoms with Crippen molar-refractivity contribution in [3.8, 4) is 0 Å². The van der Waals surface area contributed by atoms with Crippen LogP contribution in [-0.4, -0.2) is 31.9 Å². The summed E-state index contributed by atoms with van der Waals surface area (Å²) in [7, 11) is -4.62. The number of rotatable bonds is 4. The molecule has 0 fully saturated rings.